The summed E-state index contributed by atoms with van der Waals surface area (Å²) in [6.07, 6.45) is 3.07. The summed E-state index contributed by atoms with van der Waals surface area (Å²) in [5.41, 5.74) is 1.94. The van der Waals surface area contributed by atoms with E-state index in [-0.39, 0.29) is 22.9 Å². The zero-order valence-corrected chi connectivity index (χ0v) is 18.4. The smallest absolute Gasteiger partial charge is 0.300 e. The summed E-state index contributed by atoms with van der Waals surface area (Å²) >= 11 is 0. The lowest BCUT2D eigenvalue weighted by Crippen LogP contribution is -2.29. The van der Waals surface area contributed by atoms with Crippen LogP contribution in [0.3, 0.4) is 0 Å². The Morgan fingerprint density at radius 3 is 2.45 bits per heavy atom. The molecule has 168 valence electrons. The van der Waals surface area contributed by atoms with Crippen molar-refractivity contribution in [3.63, 3.8) is 0 Å². The van der Waals surface area contributed by atoms with Crippen molar-refractivity contribution < 1.29 is 23.8 Å². The number of aliphatic hydroxyl groups excluding tert-OH is 1. The first kappa shape index (κ1) is 22.2. The van der Waals surface area contributed by atoms with Crippen LogP contribution in [0.4, 0.5) is 10.1 Å². The third-order valence-corrected chi connectivity index (χ3v) is 5.68. The Morgan fingerprint density at radius 1 is 1.09 bits per heavy atom. The van der Waals surface area contributed by atoms with E-state index in [1.54, 1.807) is 43.5 Å². The van der Waals surface area contributed by atoms with Crippen molar-refractivity contribution in [1.82, 2.24) is 4.98 Å². The summed E-state index contributed by atoms with van der Waals surface area (Å²) in [5.74, 6) is -1.79. The van der Waals surface area contributed by atoms with E-state index in [1.807, 2.05) is 13.8 Å². The topological polar surface area (TPSA) is 79.7 Å². The Bertz CT molecular complexity index is 1250. The predicted octanol–water partition coefficient (Wildman–Crippen LogP) is 4.98. The summed E-state index contributed by atoms with van der Waals surface area (Å²) in [7, 11) is 1.56. The highest BCUT2D eigenvalue weighted by molar-refractivity contribution is 6.51. The number of pyridine rings is 1. The largest absolute Gasteiger partial charge is 0.507 e. The van der Waals surface area contributed by atoms with Crippen LogP contribution in [0.2, 0.25) is 0 Å². The van der Waals surface area contributed by atoms with Crippen LogP contribution in [0.25, 0.3) is 5.76 Å². The van der Waals surface area contributed by atoms with Gasteiger partial charge in [0.1, 0.15) is 17.3 Å². The molecular formula is C26H23FN2O4. The number of Topliss-reactive ketones (excluding diaryl/α,β-unsaturated/α-hetero) is 1. The fourth-order valence-corrected chi connectivity index (χ4v) is 4.07. The molecule has 3 aromatic rings. The van der Waals surface area contributed by atoms with Gasteiger partial charge in [-0.3, -0.25) is 19.5 Å². The molecule has 1 aromatic heterocycles. The van der Waals surface area contributed by atoms with Crippen LogP contribution in [0.1, 0.15) is 42.5 Å². The average molecular weight is 446 g/mol. The molecular weight excluding hydrogens is 423 g/mol. The molecule has 0 radical (unpaired) electrons. The van der Waals surface area contributed by atoms with E-state index in [9.17, 15) is 19.1 Å². The lowest BCUT2D eigenvalue weighted by atomic mass is 9.93. The standard InChI is InChI=1S/C26H23FN2O4/c1-15(2)20-13-17(7-8-21(20)33-3)24(30)22-23(16-9-11-28-12-10-16)29(26(32)25(22)31)19-6-4-5-18(27)14-19/h4-15,23,30H,1-3H3/b24-22-. The Labute approximate surface area is 191 Å². The van der Waals surface area contributed by atoms with Gasteiger partial charge in [-0.05, 0) is 65.6 Å². The molecule has 1 saturated heterocycles. The van der Waals surface area contributed by atoms with Gasteiger partial charge in [0, 0.05) is 23.6 Å². The van der Waals surface area contributed by atoms with Gasteiger partial charge in [-0.25, -0.2) is 4.39 Å². The first-order chi connectivity index (χ1) is 15.8. The average Bonchev–Trinajstić information content (AvgIpc) is 3.09. The van der Waals surface area contributed by atoms with Gasteiger partial charge in [0.2, 0.25) is 0 Å². The van der Waals surface area contributed by atoms with E-state index < -0.39 is 23.5 Å². The van der Waals surface area contributed by atoms with Crippen LogP contribution in [0.15, 0.2) is 72.6 Å². The second kappa shape index (κ2) is 8.86. The molecule has 6 nitrogen and oxygen atoms in total. The minimum atomic E-state index is -0.945. The minimum absolute atomic E-state index is 0.0738. The molecule has 1 aliphatic rings. The fourth-order valence-electron chi connectivity index (χ4n) is 4.07. The third-order valence-electron chi connectivity index (χ3n) is 5.68. The lowest BCUT2D eigenvalue weighted by molar-refractivity contribution is -0.132. The van der Waals surface area contributed by atoms with Gasteiger partial charge < -0.3 is 9.84 Å². The third kappa shape index (κ3) is 3.98. The summed E-state index contributed by atoms with van der Waals surface area (Å²) in [4.78, 5) is 31.5. The minimum Gasteiger partial charge on any atom is -0.507 e. The molecule has 1 N–H and O–H groups in total. The van der Waals surface area contributed by atoms with Crippen molar-refractivity contribution in [2.75, 3.05) is 12.0 Å². The fraction of sp³-hybridized carbons (Fsp3) is 0.192. The number of benzene rings is 2. The first-order valence-electron chi connectivity index (χ1n) is 10.5. The summed E-state index contributed by atoms with van der Waals surface area (Å²) in [6.45, 7) is 3.98. The van der Waals surface area contributed by atoms with Crippen LogP contribution in [0.5, 0.6) is 5.75 Å². The molecule has 4 rings (SSSR count). The number of ether oxygens (including phenoxy) is 1. The number of rotatable bonds is 5. The maximum absolute atomic E-state index is 14.0. The first-order valence-corrected chi connectivity index (χ1v) is 10.5. The number of aliphatic hydroxyl groups is 1. The molecule has 2 aromatic carbocycles. The highest BCUT2D eigenvalue weighted by atomic mass is 19.1. The molecule has 1 aliphatic heterocycles. The van der Waals surface area contributed by atoms with Gasteiger partial charge in [0.05, 0.1) is 18.7 Å². The Morgan fingerprint density at radius 2 is 1.82 bits per heavy atom. The number of nitrogens with zero attached hydrogens (tertiary/aromatic N) is 2. The highest BCUT2D eigenvalue weighted by Crippen LogP contribution is 2.42. The van der Waals surface area contributed by atoms with Crippen LogP contribution in [-0.4, -0.2) is 28.9 Å². The Hall–Kier alpha value is -4.00. The summed E-state index contributed by atoms with van der Waals surface area (Å²) in [6, 6.07) is 12.9. The number of halogens is 1. The van der Waals surface area contributed by atoms with Crippen LogP contribution in [-0.2, 0) is 9.59 Å². The van der Waals surface area contributed by atoms with Gasteiger partial charge in [-0.1, -0.05) is 19.9 Å². The van der Waals surface area contributed by atoms with Crippen LogP contribution >= 0.6 is 0 Å². The number of ketones is 1. The van der Waals surface area contributed by atoms with Gasteiger partial charge in [-0.2, -0.15) is 0 Å². The van der Waals surface area contributed by atoms with Crippen molar-refractivity contribution in [1.29, 1.82) is 0 Å². The van der Waals surface area contributed by atoms with E-state index in [0.29, 0.717) is 16.9 Å². The zero-order chi connectivity index (χ0) is 23.7. The second-order valence-corrected chi connectivity index (χ2v) is 8.04. The molecule has 7 heteroatoms. The number of amides is 1. The number of methoxy groups -OCH3 is 1. The van der Waals surface area contributed by atoms with E-state index in [1.165, 1.54) is 35.5 Å². The Kier molecular flexibility index (Phi) is 5.96. The van der Waals surface area contributed by atoms with E-state index >= 15 is 0 Å². The number of anilines is 1. The number of hydrogen-bond acceptors (Lipinski definition) is 5. The maximum atomic E-state index is 14.0. The molecule has 1 atom stereocenters. The maximum Gasteiger partial charge on any atom is 0.300 e. The zero-order valence-electron chi connectivity index (χ0n) is 18.4. The van der Waals surface area contributed by atoms with Gasteiger partial charge in [-0.15, -0.1) is 0 Å². The molecule has 1 unspecified atom stereocenters. The van der Waals surface area contributed by atoms with Crippen LogP contribution in [0, 0.1) is 5.82 Å². The van der Waals surface area contributed by atoms with Crippen molar-refractivity contribution in [3.8, 4) is 5.75 Å². The van der Waals surface area contributed by atoms with Crippen molar-refractivity contribution >= 4 is 23.1 Å². The molecule has 0 spiro atoms. The van der Waals surface area contributed by atoms with E-state index in [4.69, 9.17) is 4.74 Å². The summed E-state index contributed by atoms with van der Waals surface area (Å²) < 4.78 is 19.4. The van der Waals surface area contributed by atoms with Crippen LogP contribution < -0.4 is 9.64 Å². The molecule has 2 heterocycles. The normalized spacial score (nSPS) is 17.6. The van der Waals surface area contributed by atoms with E-state index in [2.05, 4.69) is 4.98 Å². The van der Waals surface area contributed by atoms with Gasteiger partial charge >= 0.3 is 0 Å². The molecule has 0 aliphatic carbocycles. The van der Waals surface area contributed by atoms with Crippen molar-refractivity contribution in [2.24, 2.45) is 0 Å². The molecule has 33 heavy (non-hydrogen) atoms. The second-order valence-electron chi connectivity index (χ2n) is 8.04. The number of hydrogen-bond donors (Lipinski definition) is 1. The number of carbonyl (C=O) groups excluding carboxylic acids is 2. The number of carbonyl (C=O) groups is 2. The predicted molar refractivity (Wildman–Crippen MR) is 123 cm³/mol. The SMILES string of the molecule is COc1ccc(/C(O)=C2/C(=O)C(=O)N(c3cccc(F)c3)C2c2ccncc2)cc1C(C)C. The van der Waals surface area contributed by atoms with E-state index in [0.717, 1.165) is 5.56 Å². The van der Waals surface area contributed by atoms with Gasteiger partial charge in [0.15, 0.2) is 0 Å². The number of aromatic nitrogens is 1. The van der Waals surface area contributed by atoms with Crippen molar-refractivity contribution in [2.45, 2.75) is 25.8 Å². The highest BCUT2D eigenvalue weighted by Gasteiger charge is 2.47. The molecule has 1 fully saturated rings. The molecule has 0 bridgehead atoms. The summed E-state index contributed by atoms with van der Waals surface area (Å²) in [5, 5.41) is 11.3. The molecule has 0 saturated carbocycles. The van der Waals surface area contributed by atoms with Crippen molar-refractivity contribution in [3.05, 3.63) is 95.1 Å². The lowest BCUT2D eigenvalue weighted by Gasteiger charge is -2.25. The van der Waals surface area contributed by atoms with Gasteiger partial charge in [0.25, 0.3) is 11.7 Å². The quantitative estimate of drug-likeness (QED) is 0.340. The Balaban J connectivity index is 1.94. The molecule has 1 amide bonds. The monoisotopic (exact) mass is 446 g/mol.